The number of nitrogen functional groups attached to an aromatic ring is 1. The van der Waals surface area contributed by atoms with Crippen LogP contribution in [-0.4, -0.2) is 0 Å². The fraction of sp³-hybridized carbons (Fsp3) is 0.143. The maximum atomic E-state index is 13.0. The van der Waals surface area contributed by atoms with Gasteiger partial charge in [-0.3, -0.25) is 0 Å². The maximum Gasteiger partial charge on any atom is 0.145 e. The van der Waals surface area contributed by atoms with E-state index in [1.54, 1.807) is 18.2 Å². The Kier molecular flexibility index (Phi) is 4.32. The van der Waals surface area contributed by atoms with E-state index in [4.69, 9.17) is 22.1 Å². The van der Waals surface area contributed by atoms with Crippen molar-refractivity contribution in [2.24, 2.45) is 0 Å². The van der Waals surface area contributed by atoms with Crippen LogP contribution in [0.25, 0.3) is 0 Å². The standard InChI is InChI=1S/C14H12BrClFNO/c1-8-4-10(15)6-13(18)14(8)19-7-9-2-3-12(17)11(16)5-9/h2-6H,7,18H2,1H3. The van der Waals surface area contributed by atoms with Gasteiger partial charge in [-0.25, -0.2) is 4.39 Å². The Bertz CT molecular complexity index is 595. The normalized spacial score (nSPS) is 10.5. The Morgan fingerprint density at radius 3 is 2.68 bits per heavy atom. The van der Waals surface area contributed by atoms with Crippen molar-refractivity contribution >= 4 is 33.2 Å². The van der Waals surface area contributed by atoms with Crippen LogP contribution in [0.1, 0.15) is 11.1 Å². The molecule has 0 heterocycles. The van der Waals surface area contributed by atoms with Gasteiger partial charge in [-0.15, -0.1) is 0 Å². The molecule has 0 aliphatic carbocycles. The van der Waals surface area contributed by atoms with E-state index in [9.17, 15) is 4.39 Å². The molecule has 0 aliphatic rings. The Morgan fingerprint density at radius 2 is 2.05 bits per heavy atom. The Balaban J connectivity index is 2.16. The van der Waals surface area contributed by atoms with E-state index >= 15 is 0 Å². The summed E-state index contributed by atoms with van der Waals surface area (Å²) < 4.78 is 19.6. The lowest BCUT2D eigenvalue weighted by molar-refractivity contribution is 0.305. The first-order valence-corrected chi connectivity index (χ1v) is 6.77. The lowest BCUT2D eigenvalue weighted by Gasteiger charge is -2.12. The third kappa shape index (κ3) is 3.39. The van der Waals surface area contributed by atoms with E-state index in [1.807, 2.05) is 13.0 Å². The number of hydrogen-bond acceptors (Lipinski definition) is 2. The first-order chi connectivity index (χ1) is 8.97. The average molecular weight is 345 g/mol. The SMILES string of the molecule is Cc1cc(Br)cc(N)c1OCc1ccc(F)c(Cl)c1. The maximum absolute atomic E-state index is 13.0. The Hall–Kier alpha value is -1.26. The van der Waals surface area contributed by atoms with Gasteiger partial charge >= 0.3 is 0 Å². The van der Waals surface area contributed by atoms with Crippen molar-refractivity contribution in [3.63, 3.8) is 0 Å². The summed E-state index contributed by atoms with van der Waals surface area (Å²) in [5, 5.41) is 0.0848. The first-order valence-electron chi connectivity index (χ1n) is 5.59. The molecule has 2 N–H and O–H groups in total. The van der Waals surface area contributed by atoms with Crippen LogP contribution in [0.4, 0.5) is 10.1 Å². The van der Waals surface area contributed by atoms with Crippen LogP contribution in [0, 0.1) is 12.7 Å². The van der Waals surface area contributed by atoms with E-state index in [0.717, 1.165) is 15.6 Å². The molecule has 0 aromatic heterocycles. The minimum atomic E-state index is -0.440. The molecule has 0 aliphatic heterocycles. The van der Waals surface area contributed by atoms with E-state index < -0.39 is 5.82 Å². The number of benzene rings is 2. The van der Waals surface area contributed by atoms with Gasteiger partial charge in [0, 0.05) is 4.47 Å². The molecular formula is C14H12BrClFNO. The highest BCUT2D eigenvalue weighted by molar-refractivity contribution is 9.10. The second-order valence-corrected chi connectivity index (χ2v) is 5.50. The Labute approximate surface area is 124 Å². The van der Waals surface area contributed by atoms with Gasteiger partial charge in [-0.1, -0.05) is 33.6 Å². The van der Waals surface area contributed by atoms with Gasteiger partial charge in [0.15, 0.2) is 0 Å². The average Bonchev–Trinajstić information content (AvgIpc) is 2.32. The molecule has 100 valence electrons. The second kappa shape index (κ2) is 5.80. The lowest BCUT2D eigenvalue weighted by Crippen LogP contribution is -2.01. The summed E-state index contributed by atoms with van der Waals surface area (Å²) in [6.07, 6.45) is 0. The van der Waals surface area contributed by atoms with E-state index in [1.165, 1.54) is 6.07 Å². The highest BCUT2D eigenvalue weighted by Gasteiger charge is 2.07. The summed E-state index contributed by atoms with van der Waals surface area (Å²) in [5.74, 6) is 0.188. The number of nitrogens with two attached hydrogens (primary N) is 1. The number of anilines is 1. The molecule has 0 bridgehead atoms. The summed E-state index contributed by atoms with van der Waals surface area (Å²) in [7, 11) is 0. The molecule has 0 saturated carbocycles. The predicted octanol–water partition coefficient (Wildman–Crippen LogP) is 4.71. The van der Waals surface area contributed by atoms with Crippen LogP contribution < -0.4 is 10.5 Å². The minimum absolute atomic E-state index is 0.0848. The van der Waals surface area contributed by atoms with Crippen molar-refractivity contribution in [1.29, 1.82) is 0 Å². The van der Waals surface area contributed by atoms with Gasteiger partial charge in [0.2, 0.25) is 0 Å². The molecule has 2 nitrogen and oxygen atoms in total. The first kappa shape index (κ1) is 14.2. The quantitative estimate of drug-likeness (QED) is 0.818. The molecule has 5 heteroatoms. The summed E-state index contributed by atoms with van der Waals surface area (Å²) in [5.41, 5.74) is 8.17. The molecule has 0 radical (unpaired) electrons. The van der Waals surface area contributed by atoms with Crippen LogP contribution in [0.15, 0.2) is 34.8 Å². The zero-order valence-electron chi connectivity index (χ0n) is 10.2. The van der Waals surface area contributed by atoms with Crippen LogP contribution in [0.3, 0.4) is 0 Å². The number of rotatable bonds is 3. The largest absolute Gasteiger partial charge is 0.486 e. The van der Waals surface area contributed by atoms with Gasteiger partial charge in [-0.2, -0.15) is 0 Å². The summed E-state index contributed by atoms with van der Waals surface area (Å²) in [6.45, 7) is 2.20. The van der Waals surface area contributed by atoms with Crippen molar-refractivity contribution in [3.8, 4) is 5.75 Å². The molecule has 0 amide bonds. The molecule has 2 aromatic rings. The number of ether oxygens (including phenoxy) is 1. The molecule has 0 unspecified atom stereocenters. The summed E-state index contributed by atoms with van der Waals surface area (Å²) in [4.78, 5) is 0. The number of halogens is 3. The van der Waals surface area contributed by atoms with E-state index in [0.29, 0.717) is 11.4 Å². The van der Waals surface area contributed by atoms with Gasteiger partial charge in [0.25, 0.3) is 0 Å². The van der Waals surface area contributed by atoms with Crippen molar-refractivity contribution in [2.45, 2.75) is 13.5 Å². The summed E-state index contributed by atoms with van der Waals surface area (Å²) in [6, 6.07) is 8.19. The van der Waals surface area contributed by atoms with E-state index in [2.05, 4.69) is 15.9 Å². The fourth-order valence-corrected chi connectivity index (χ4v) is 2.53. The third-order valence-corrected chi connectivity index (χ3v) is 3.38. The van der Waals surface area contributed by atoms with Crippen LogP contribution in [0.2, 0.25) is 5.02 Å². The molecule has 2 aromatic carbocycles. The van der Waals surface area contributed by atoms with Crippen molar-refractivity contribution in [3.05, 3.63) is 56.8 Å². The molecular weight excluding hydrogens is 333 g/mol. The van der Waals surface area contributed by atoms with Crippen molar-refractivity contribution in [2.75, 3.05) is 5.73 Å². The van der Waals surface area contributed by atoms with Crippen LogP contribution in [0.5, 0.6) is 5.75 Å². The fourth-order valence-electron chi connectivity index (χ4n) is 1.74. The minimum Gasteiger partial charge on any atom is -0.486 e. The smallest absolute Gasteiger partial charge is 0.145 e. The molecule has 0 fully saturated rings. The molecule has 19 heavy (non-hydrogen) atoms. The van der Waals surface area contributed by atoms with Gasteiger partial charge < -0.3 is 10.5 Å². The Morgan fingerprint density at radius 1 is 1.32 bits per heavy atom. The summed E-state index contributed by atoms with van der Waals surface area (Å²) >= 11 is 9.08. The van der Waals surface area contributed by atoms with E-state index in [-0.39, 0.29) is 11.6 Å². The number of aryl methyl sites for hydroxylation is 1. The predicted molar refractivity (Wildman–Crippen MR) is 79.0 cm³/mol. The zero-order valence-corrected chi connectivity index (χ0v) is 12.6. The zero-order chi connectivity index (χ0) is 14.0. The molecule has 0 saturated heterocycles. The number of hydrogen-bond donors (Lipinski definition) is 1. The molecule has 0 spiro atoms. The van der Waals surface area contributed by atoms with Crippen LogP contribution in [-0.2, 0) is 6.61 Å². The highest BCUT2D eigenvalue weighted by Crippen LogP contribution is 2.30. The highest BCUT2D eigenvalue weighted by atomic mass is 79.9. The van der Waals surface area contributed by atoms with Crippen LogP contribution >= 0.6 is 27.5 Å². The van der Waals surface area contributed by atoms with Gasteiger partial charge in [-0.05, 0) is 42.3 Å². The topological polar surface area (TPSA) is 35.2 Å². The van der Waals surface area contributed by atoms with Crippen molar-refractivity contribution in [1.82, 2.24) is 0 Å². The van der Waals surface area contributed by atoms with Gasteiger partial charge in [0.05, 0.1) is 10.7 Å². The molecule has 0 atom stereocenters. The van der Waals surface area contributed by atoms with Gasteiger partial charge in [0.1, 0.15) is 18.2 Å². The lowest BCUT2D eigenvalue weighted by atomic mass is 10.2. The monoisotopic (exact) mass is 343 g/mol. The second-order valence-electron chi connectivity index (χ2n) is 4.18. The molecule has 2 rings (SSSR count). The third-order valence-electron chi connectivity index (χ3n) is 2.64. The van der Waals surface area contributed by atoms with Crippen molar-refractivity contribution < 1.29 is 9.13 Å².